The summed E-state index contributed by atoms with van der Waals surface area (Å²) in [5.74, 6) is -0.353. The Morgan fingerprint density at radius 3 is 2.55 bits per heavy atom. The van der Waals surface area contributed by atoms with Gasteiger partial charge in [0.15, 0.2) is 0 Å². The molecule has 0 saturated heterocycles. The average Bonchev–Trinajstić information content (AvgIpc) is 2.39. The van der Waals surface area contributed by atoms with Gasteiger partial charge in [0.05, 0.1) is 11.4 Å². The zero-order chi connectivity index (χ0) is 14.5. The van der Waals surface area contributed by atoms with Gasteiger partial charge < -0.3 is 15.6 Å². The van der Waals surface area contributed by atoms with Gasteiger partial charge in [-0.15, -0.1) is 0 Å². The predicted octanol–water partition coefficient (Wildman–Crippen LogP) is 3.13. The Morgan fingerprint density at radius 2 is 1.90 bits per heavy atom. The van der Waals surface area contributed by atoms with E-state index >= 15 is 0 Å². The van der Waals surface area contributed by atoms with Crippen LogP contribution in [0.5, 0.6) is 5.75 Å². The van der Waals surface area contributed by atoms with Crippen molar-refractivity contribution in [2.45, 2.75) is 13.0 Å². The molecule has 0 aliphatic heterocycles. The summed E-state index contributed by atoms with van der Waals surface area (Å²) >= 11 is 6.02. The minimum absolute atomic E-state index is 0.0327. The van der Waals surface area contributed by atoms with Gasteiger partial charge in [-0.25, -0.2) is 0 Å². The molecule has 2 rings (SSSR count). The normalized spacial score (nSPS) is 10.2. The van der Waals surface area contributed by atoms with Crippen LogP contribution in [0.3, 0.4) is 0 Å². The lowest BCUT2D eigenvalue weighted by Crippen LogP contribution is -2.06. The van der Waals surface area contributed by atoms with E-state index in [0.29, 0.717) is 16.5 Å². The van der Waals surface area contributed by atoms with Crippen molar-refractivity contribution in [3.63, 3.8) is 0 Å². The molecule has 3 N–H and O–H groups in total. The number of carboxylic acid groups (broad SMARTS) is 1. The van der Waals surface area contributed by atoms with Crippen LogP contribution in [0.15, 0.2) is 42.5 Å². The molecule has 0 amide bonds. The first-order valence-electron chi connectivity index (χ1n) is 6.02. The van der Waals surface area contributed by atoms with Gasteiger partial charge in [0, 0.05) is 5.69 Å². The number of nitrogens with two attached hydrogens (primary N) is 1. The summed E-state index contributed by atoms with van der Waals surface area (Å²) in [4.78, 5) is 10.8. The Labute approximate surface area is 121 Å². The van der Waals surface area contributed by atoms with Gasteiger partial charge in [0.2, 0.25) is 0 Å². The molecule has 0 saturated carbocycles. The topological polar surface area (TPSA) is 72.5 Å². The summed E-state index contributed by atoms with van der Waals surface area (Å²) in [5.41, 5.74) is 7.72. The first kappa shape index (κ1) is 14.2. The van der Waals surface area contributed by atoms with E-state index < -0.39 is 5.97 Å². The van der Waals surface area contributed by atoms with Crippen LogP contribution < -0.4 is 10.5 Å². The van der Waals surface area contributed by atoms with Crippen LogP contribution in [-0.4, -0.2) is 11.1 Å². The number of carboxylic acids is 1. The Hall–Kier alpha value is -2.20. The van der Waals surface area contributed by atoms with Crippen LogP contribution in [0, 0.1) is 0 Å². The molecule has 0 fully saturated rings. The Kier molecular flexibility index (Phi) is 4.48. The number of nitrogen functional groups attached to an aromatic ring is 1. The molecule has 0 aromatic heterocycles. The number of anilines is 1. The Morgan fingerprint density at radius 1 is 1.20 bits per heavy atom. The van der Waals surface area contributed by atoms with E-state index in [0.717, 1.165) is 11.1 Å². The van der Waals surface area contributed by atoms with Crippen LogP contribution in [-0.2, 0) is 17.8 Å². The lowest BCUT2D eigenvalue weighted by molar-refractivity contribution is -0.136. The fraction of sp³-hybridized carbons (Fsp3) is 0.133. The first-order valence-corrected chi connectivity index (χ1v) is 6.40. The van der Waals surface area contributed by atoms with Gasteiger partial charge in [-0.3, -0.25) is 4.79 Å². The SMILES string of the molecule is Nc1ccc(OCc2ccccc2CC(=O)O)c(Cl)c1. The third-order valence-corrected chi connectivity index (χ3v) is 3.09. The van der Waals surface area contributed by atoms with Gasteiger partial charge >= 0.3 is 5.97 Å². The fourth-order valence-electron chi connectivity index (χ4n) is 1.82. The van der Waals surface area contributed by atoms with Gasteiger partial charge in [0.1, 0.15) is 12.4 Å². The monoisotopic (exact) mass is 291 g/mol. The Bertz CT molecular complexity index is 628. The van der Waals surface area contributed by atoms with E-state index in [4.69, 9.17) is 27.2 Å². The van der Waals surface area contributed by atoms with E-state index in [1.807, 2.05) is 12.1 Å². The summed E-state index contributed by atoms with van der Waals surface area (Å²) < 4.78 is 5.62. The molecule has 2 aromatic carbocycles. The number of aliphatic carboxylic acids is 1. The number of hydrogen-bond donors (Lipinski definition) is 2. The number of hydrogen-bond acceptors (Lipinski definition) is 3. The maximum atomic E-state index is 10.8. The molecule has 104 valence electrons. The summed E-state index contributed by atoms with van der Waals surface area (Å²) in [6, 6.07) is 12.3. The maximum absolute atomic E-state index is 10.8. The van der Waals surface area contributed by atoms with Crippen molar-refractivity contribution in [2.75, 3.05) is 5.73 Å². The molecule has 0 atom stereocenters. The molecular formula is C15H14ClNO3. The molecule has 2 aromatic rings. The van der Waals surface area contributed by atoms with Crippen molar-refractivity contribution >= 4 is 23.3 Å². The molecule has 0 spiro atoms. The number of carbonyl (C=O) groups is 1. The lowest BCUT2D eigenvalue weighted by Gasteiger charge is -2.11. The molecular weight excluding hydrogens is 278 g/mol. The summed E-state index contributed by atoms with van der Waals surface area (Å²) in [5, 5.41) is 9.31. The van der Waals surface area contributed by atoms with Gasteiger partial charge in [0.25, 0.3) is 0 Å². The molecule has 0 heterocycles. The molecule has 0 radical (unpaired) electrons. The molecule has 20 heavy (non-hydrogen) atoms. The predicted molar refractivity (Wildman–Crippen MR) is 78.0 cm³/mol. The summed E-state index contributed by atoms with van der Waals surface area (Å²) in [6.45, 7) is 0.257. The van der Waals surface area contributed by atoms with Crippen LogP contribution in [0.4, 0.5) is 5.69 Å². The first-order chi connectivity index (χ1) is 9.56. The van der Waals surface area contributed by atoms with Crippen LogP contribution >= 0.6 is 11.6 Å². The zero-order valence-electron chi connectivity index (χ0n) is 10.7. The van der Waals surface area contributed by atoms with Crippen molar-refractivity contribution < 1.29 is 14.6 Å². The number of ether oxygens (including phenoxy) is 1. The Balaban J connectivity index is 2.12. The zero-order valence-corrected chi connectivity index (χ0v) is 11.4. The fourth-order valence-corrected chi connectivity index (χ4v) is 2.07. The standard InChI is InChI=1S/C15H14ClNO3/c16-13-8-12(17)5-6-14(13)20-9-11-4-2-1-3-10(11)7-15(18)19/h1-6,8H,7,9,17H2,(H,18,19). The molecule has 4 nitrogen and oxygen atoms in total. The van der Waals surface area contributed by atoms with Crippen molar-refractivity contribution in [1.29, 1.82) is 0 Å². The smallest absolute Gasteiger partial charge is 0.307 e. The van der Waals surface area contributed by atoms with Gasteiger partial charge in [-0.2, -0.15) is 0 Å². The minimum atomic E-state index is -0.872. The average molecular weight is 292 g/mol. The highest BCUT2D eigenvalue weighted by Crippen LogP contribution is 2.27. The highest BCUT2D eigenvalue weighted by molar-refractivity contribution is 6.32. The van der Waals surface area contributed by atoms with Crippen molar-refractivity contribution in [1.82, 2.24) is 0 Å². The maximum Gasteiger partial charge on any atom is 0.307 e. The second kappa shape index (κ2) is 6.30. The highest BCUT2D eigenvalue weighted by Gasteiger charge is 2.08. The molecule has 0 aliphatic rings. The third-order valence-electron chi connectivity index (χ3n) is 2.80. The highest BCUT2D eigenvalue weighted by atomic mass is 35.5. The number of halogens is 1. The van der Waals surface area contributed by atoms with E-state index in [9.17, 15) is 4.79 Å². The number of benzene rings is 2. The van der Waals surface area contributed by atoms with E-state index in [-0.39, 0.29) is 13.0 Å². The van der Waals surface area contributed by atoms with E-state index in [2.05, 4.69) is 0 Å². The van der Waals surface area contributed by atoms with Crippen LogP contribution in [0.1, 0.15) is 11.1 Å². The third kappa shape index (κ3) is 3.65. The van der Waals surface area contributed by atoms with E-state index in [1.54, 1.807) is 30.3 Å². The second-order valence-corrected chi connectivity index (χ2v) is 4.72. The van der Waals surface area contributed by atoms with Gasteiger partial charge in [-0.1, -0.05) is 35.9 Å². The summed E-state index contributed by atoms with van der Waals surface area (Å²) in [7, 11) is 0. The van der Waals surface area contributed by atoms with Gasteiger partial charge in [-0.05, 0) is 29.3 Å². The lowest BCUT2D eigenvalue weighted by atomic mass is 10.1. The minimum Gasteiger partial charge on any atom is -0.487 e. The van der Waals surface area contributed by atoms with Crippen molar-refractivity contribution in [2.24, 2.45) is 0 Å². The second-order valence-electron chi connectivity index (χ2n) is 4.32. The molecule has 0 unspecified atom stereocenters. The quantitative estimate of drug-likeness (QED) is 0.830. The molecule has 0 aliphatic carbocycles. The molecule has 0 bridgehead atoms. The van der Waals surface area contributed by atoms with Crippen molar-refractivity contribution in [3.05, 3.63) is 58.6 Å². The largest absolute Gasteiger partial charge is 0.487 e. The molecule has 5 heteroatoms. The van der Waals surface area contributed by atoms with Crippen LogP contribution in [0.2, 0.25) is 5.02 Å². The summed E-state index contributed by atoms with van der Waals surface area (Å²) in [6.07, 6.45) is -0.0327. The number of rotatable bonds is 5. The van der Waals surface area contributed by atoms with Crippen molar-refractivity contribution in [3.8, 4) is 5.75 Å². The van der Waals surface area contributed by atoms with E-state index in [1.165, 1.54) is 0 Å². The van der Waals surface area contributed by atoms with Crippen LogP contribution in [0.25, 0.3) is 0 Å².